The Labute approximate surface area is 132 Å². The summed E-state index contributed by atoms with van der Waals surface area (Å²) in [7, 11) is 0. The van der Waals surface area contributed by atoms with E-state index in [2.05, 4.69) is 34.5 Å². The van der Waals surface area contributed by atoms with E-state index >= 15 is 0 Å². The van der Waals surface area contributed by atoms with Gasteiger partial charge >= 0.3 is 6.03 Å². The van der Waals surface area contributed by atoms with Gasteiger partial charge in [0.1, 0.15) is 0 Å². The molecule has 1 aliphatic rings. The van der Waals surface area contributed by atoms with Crippen LogP contribution in [-0.2, 0) is 11.3 Å². The zero-order chi connectivity index (χ0) is 15.9. The van der Waals surface area contributed by atoms with E-state index < -0.39 is 0 Å². The predicted octanol–water partition coefficient (Wildman–Crippen LogP) is 0.680. The lowest BCUT2D eigenvalue weighted by Crippen LogP contribution is -2.49. The Morgan fingerprint density at radius 2 is 2.14 bits per heavy atom. The number of hydrogen-bond acceptors (Lipinski definition) is 4. The molecule has 2 N–H and O–H groups in total. The quantitative estimate of drug-likeness (QED) is 0.811. The Kier molecular flexibility index (Phi) is 6.21. The second kappa shape index (κ2) is 8.14. The summed E-state index contributed by atoms with van der Waals surface area (Å²) >= 11 is 0. The first-order valence-corrected chi connectivity index (χ1v) is 7.92. The van der Waals surface area contributed by atoms with Crippen molar-refractivity contribution in [3.8, 4) is 0 Å². The van der Waals surface area contributed by atoms with Crippen LogP contribution in [0.1, 0.15) is 20.8 Å². The van der Waals surface area contributed by atoms with E-state index in [9.17, 15) is 4.79 Å². The van der Waals surface area contributed by atoms with Gasteiger partial charge in [0, 0.05) is 44.6 Å². The van der Waals surface area contributed by atoms with Crippen LogP contribution in [0.4, 0.5) is 4.79 Å². The largest absolute Gasteiger partial charge is 0.373 e. The maximum absolute atomic E-state index is 11.9. The highest BCUT2D eigenvalue weighted by Gasteiger charge is 2.21. The monoisotopic (exact) mass is 309 g/mol. The highest BCUT2D eigenvalue weighted by Crippen LogP contribution is 2.09. The van der Waals surface area contributed by atoms with Crippen molar-refractivity contribution in [2.24, 2.45) is 0 Å². The van der Waals surface area contributed by atoms with Gasteiger partial charge in [0.25, 0.3) is 0 Å². The highest BCUT2D eigenvalue weighted by atomic mass is 16.5. The summed E-state index contributed by atoms with van der Waals surface area (Å²) in [6, 6.07) is 1.77. The van der Waals surface area contributed by atoms with Gasteiger partial charge in [-0.15, -0.1) is 0 Å². The number of carbonyl (C=O) groups is 1. The molecule has 22 heavy (non-hydrogen) atoms. The van der Waals surface area contributed by atoms with Crippen molar-refractivity contribution in [2.45, 2.75) is 45.6 Å². The van der Waals surface area contributed by atoms with Gasteiger partial charge in [0.2, 0.25) is 0 Å². The van der Waals surface area contributed by atoms with Crippen molar-refractivity contribution in [3.63, 3.8) is 0 Å². The van der Waals surface area contributed by atoms with Crippen LogP contribution in [-0.4, -0.2) is 65.1 Å². The third-order valence-electron chi connectivity index (χ3n) is 3.61. The molecule has 0 unspecified atom stereocenters. The summed E-state index contributed by atoms with van der Waals surface area (Å²) < 4.78 is 7.50. The van der Waals surface area contributed by atoms with Crippen molar-refractivity contribution >= 4 is 6.03 Å². The van der Waals surface area contributed by atoms with E-state index in [0.29, 0.717) is 13.1 Å². The molecule has 0 radical (unpaired) electrons. The van der Waals surface area contributed by atoms with Gasteiger partial charge in [-0.1, -0.05) is 0 Å². The molecule has 0 spiro atoms. The molecule has 0 bridgehead atoms. The molecule has 124 valence electrons. The standard InChI is InChI=1S/C15H27N5O2/c1-12(9-20-7-4-5-17-20)18-15(21)16-6-8-19-10-13(2)22-14(3)11-19/h4-5,7,12-14H,6,8-11H2,1-3H3,(H2,16,18,21)/t12-,13-,14-/m1/s1. The zero-order valence-electron chi connectivity index (χ0n) is 13.7. The minimum Gasteiger partial charge on any atom is -0.373 e. The lowest BCUT2D eigenvalue weighted by Gasteiger charge is -2.35. The van der Waals surface area contributed by atoms with Gasteiger partial charge in [-0.3, -0.25) is 9.58 Å². The molecule has 1 saturated heterocycles. The number of ether oxygens (including phenoxy) is 1. The molecule has 1 aliphatic heterocycles. The summed E-state index contributed by atoms with van der Waals surface area (Å²) in [5, 5.41) is 9.95. The Bertz CT molecular complexity index is 441. The van der Waals surface area contributed by atoms with Gasteiger partial charge in [-0.05, 0) is 26.8 Å². The average molecular weight is 309 g/mol. The summed E-state index contributed by atoms with van der Waals surface area (Å²) in [6.45, 7) is 10.1. The van der Waals surface area contributed by atoms with E-state index in [1.165, 1.54) is 0 Å². The second-order valence-electron chi connectivity index (χ2n) is 6.05. The number of nitrogens with zero attached hydrogens (tertiary/aromatic N) is 3. The number of amides is 2. The Hall–Kier alpha value is -1.60. The number of rotatable bonds is 6. The SMILES string of the molecule is C[C@H](Cn1cccn1)NC(=O)NCCN1C[C@@H](C)O[C@H](C)C1. The Morgan fingerprint density at radius 1 is 1.41 bits per heavy atom. The minimum absolute atomic E-state index is 0.0309. The number of morpholine rings is 1. The Morgan fingerprint density at radius 3 is 2.77 bits per heavy atom. The number of nitrogens with one attached hydrogen (secondary N) is 2. The number of urea groups is 1. The molecule has 3 atom stereocenters. The fraction of sp³-hybridized carbons (Fsp3) is 0.733. The molecule has 1 aromatic rings. The molecule has 2 heterocycles. The van der Waals surface area contributed by atoms with E-state index in [1.807, 2.05) is 19.2 Å². The fourth-order valence-corrected chi connectivity index (χ4v) is 2.80. The fourth-order valence-electron chi connectivity index (χ4n) is 2.80. The lowest BCUT2D eigenvalue weighted by molar-refractivity contribution is -0.0672. The van der Waals surface area contributed by atoms with E-state index in [-0.39, 0.29) is 24.3 Å². The van der Waals surface area contributed by atoms with Crippen molar-refractivity contribution in [1.29, 1.82) is 0 Å². The normalized spacial score (nSPS) is 24.0. The van der Waals surface area contributed by atoms with Crippen molar-refractivity contribution < 1.29 is 9.53 Å². The number of hydrogen-bond donors (Lipinski definition) is 2. The first-order chi connectivity index (χ1) is 10.5. The second-order valence-corrected chi connectivity index (χ2v) is 6.05. The molecule has 2 amide bonds. The van der Waals surface area contributed by atoms with Gasteiger partial charge < -0.3 is 15.4 Å². The highest BCUT2D eigenvalue weighted by molar-refractivity contribution is 5.74. The van der Waals surface area contributed by atoms with Crippen LogP contribution in [0.25, 0.3) is 0 Å². The van der Waals surface area contributed by atoms with Crippen LogP contribution in [0.3, 0.4) is 0 Å². The van der Waals surface area contributed by atoms with Crippen LogP contribution in [0, 0.1) is 0 Å². The van der Waals surface area contributed by atoms with Crippen molar-refractivity contribution in [2.75, 3.05) is 26.2 Å². The molecule has 0 aromatic carbocycles. The summed E-state index contributed by atoms with van der Waals surface area (Å²) in [6.07, 6.45) is 4.13. The van der Waals surface area contributed by atoms with Crippen molar-refractivity contribution in [3.05, 3.63) is 18.5 Å². The van der Waals surface area contributed by atoms with E-state index in [1.54, 1.807) is 10.9 Å². The van der Waals surface area contributed by atoms with Gasteiger partial charge in [-0.2, -0.15) is 5.10 Å². The Balaban J connectivity index is 1.61. The van der Waals surface area contributed by atoms with Crippen LogP contribution >= 0.6 is 0 Å². The topological polar surface area (TPSA) is 71.4 Å². The van der Waals surface area contributed by atoms with E-state index in [4.69, 9.17) is 4.74 Å². The maximum Gasteiger partial charge on any atom is 0.315 e. The molecule has 7 heteroatoms. The molecular weight excluding hydrogens is 282 g/mol. The first-order valence-electron chi connectivity index (χ1n) is 7.92. The molecule has 7 nitrogen and oxygen atoms in total. The van der Waals surface area contributed by atoms with Gasteiger partial charge in [0.05, 0.1) is 18.8 Å². The van der Waals surface area contributed by atoms with Crippen LogP contribution in [0.2, 0.25) is 0 Å². The predicted molar refractivity (Wildman–Crippen MR) is 84.7 cm³/mol. The minimum atomic E-state index is -0.131. The summed E-state index contributed by atoms with van der Waals surface area (Å²) in [4.78, 5) is 14.2. The molecular formula is C15H27N5O2. The molecule has 0 aliphatic carbocycles. The lowest BCUT2D eigenvalue weighted by atomic mass is 10.2. The van der Waals surface area contributed by atoms with Crippen LogP contribution in [0.5, 0.6) is 0 Å². The van der Waals surface area contributed by atoms with E-state index in [0.717, 1.165) is 19.6 Å². The van der Waals surface area contributed by atoms with Gasteiger partial charge in [-0.25, -0.2) is 4.79 Å². The van der Waals surface area contributed by atoms with Crippen molar-refractivity contribution in [1.82, 2.24) is 25.3 Å². The van der Waals surface area contributed by atoms with Gasteiger partial charge in [0.15, 0.2) is 0 Å². The average Bonchev–Trinajstić information content (AvgIpc) is 2.90. The van der Waals surface area contributed by atoms with Crippen LogP contribution in [0.15, 0.2) is 18.5 Å². The summed E-state index contributed by atoms with van der Waals surface area (Å²) in [5.41, 5.74) is 0. The third kappa shape index (κ3) is 5.65. The maximum atomic E-state index is 11.9. The van der Waals surface area contributed by atoms with Crippen LogP contribution < -0.4 is 10.6 Å². The first kappa shape index (κ1) is 16.8. The molecule has 1 fully saturated rings. The third-order valence-corrected chi connectivity index (χ3v) is 3.61. The zero-order valence-corrected chi connectivity index (χ0v) is 13.7. The molecule has 1 aromatic heterocycles. The summed E-state index contributed by atoms with van der Waals surface area (Å²) in [5.74, 6) is 0. The molecule has 0 saturated carbocycles. The molecule has 2 rings (SSSR count). The smallest absolute Gasteiger partial charge is 0.315 e. The number of carbonyl (C=O) groups excluding carboxylic acids is 1. The number of aromatic nitrogens is 2.